The smallest absolute Gasteiger partial charge is 0.509 e. The first kappa shape index (κ1) is 41.1. The van der Waals surface area contributed by atoms with Crippen LogP contribution in [0.25, 0.3) is 10.9 Å². The third kappa shape index (κ3) is 8.77. The molecule has 4 rings (SSSR count). The minimum absolute atomic E-state index is 0.0507. The average Bonchev–Trinajstić information content (AvgIpc) is 3.48. The van der Waals surface area contributed by atoms with E-state index in [4.69, 9.17) is 31.9 Å². The van der Waals surface area contributed by atoms with Crippen LogP contribution in [0.2, 0.25) is 0 Å². The average molecular weight is 751 g/mol. The summed E-state index contributed by atoms with van der Waals surface area (Å²) >= 11 is 1.62. The second-order valence-corrected chi connectivity index (χ2v) is 16.7. The summed E-state index contributed by atoms with van der Waals surface area (Å²) in [6.07, 6.45) is 4.63. The lowest BCUT2D eigenvalue weighted by Crippen LogP contribution is -2.66. The Kier molecular flexibility index (Phi) is 12.5. The van der Waals surface area contributed by atoms with Gasteiger partial charge in [0.25, 0.3) is 0 Å². The van der Waals surface area contributed by atoms with Gasteiger partial charge in [-0.25, -0.2) is 27.4 Å². The molecule has 0 spiro atoms. The standard InChI is InChI=1S/C32H45N2O7S.CHF3O3S/c1-9-42-32(27(35)38-8)18-16-25-26-23(22-14-10-11-15-24(22)33(26)28(36)40-30(2,3)4)17-20-34(25,32)19-12-13-21-39-29(37)41-31(5,6)7;2-1(3,4)8(5,6)7/h10-15,25H,9,16-21H2,1-8H3;(H,5,6,7)/q+1;/p-1/b13-12+;/t25-,32?,34?;/m0./s1. The van der Waals surface area contributed by atoms with Gasteiger partial charge in [0.15, 0.2) is 10.1 Å². The van der Waals surface area contributed by atoms with E-state index in [-0.39, 0.29) is 18.6 Å². The van der Waals surface area contributed by atoms with E-state index < -0.39 is 43.9 Å². The number of aromatic nitrogens is 1. The Balaban J connectivity index is 0.000000753. The molecule has 0 aliphatic carbocycles. The molecule has 2 aliphatic rings. The molecular formula is C33H45F3N2O10S2. The highest BCUT2D eigenvalue weighted by Gasteiger charge is 2.67. The van der Waals surface area contributed by atoms with Gasteiger partial charge in [-0.05, 0) is 71.1 Å². The van der Waals surface area contributed by atoms with Crippen LogP contribution in [0.5, 0.6) is 0 Å². The quantitative estimate of drug-likeness (QED) is 0.0733. The van der Waals surface area contributed by atoms with Crippen molar-refractivity contribution < 1.29 is 64.0 Å². The fourth-order valence-corrected chi connectivity index (χ4v) is 8.04. The Bertz CT molecular complexity index is 1710. The molecule has 2 aromatic rings. The minimum Gasteiger partial charge on any atom is -0.741 e. The lowest BCUT2D eigenvalue weighted by Gasteiger charge is -2.51. The van der Waals surface area contributed by atoms with Gasteiger partial charge < -0.3 is 23.5 Å². The Hall–Kier alpha value is -3.28. The van der Waals surface area contributed by atoms with E-state index >= 15 is 0 Å². The van der Waals surface area contributed by atoms with Crippen molar-refractivity contribution >= 4 is 51.0 Å². The van der Waals surface area contributed by atoms with Crippen LogP contribution >= 0.6 is 11.8 Å². The summed E-state index contributed by atoms with van der Waals surface area (Å²) in [5.41, 5.74) is -4.09. The van der Waals surface area contributed by atoms with Crippen LogP contribution < -0.4 is 0 Å². The van der Waals surface area contributed by atoms with Crippen molar-refractivity contribution in [3.8, 4) is 0 Å². The zero-order chi connectivity index (χ0) is 37.9. The largest absolute Gasteiger partial charge is 0.741 e. The lowest BCUT2D eigenvalue weighted by molar-refractivity contribution is -0.964. The lowest BCUT2D eigenvalue weighted by atomic mass is 9.94. The van der Waals surface area contributed by atoms with Crippen LogP contribution in [-0.2, 0) is 40.3 Å². The normalized spacial score (nSPS) is 22.3. The first-order valence-corrected chi connectivity index (χ1v) is 18.3. The number of rotatable bonds is 7. The van der Waals surface area contributed by atoms with Crippen LogP contribution in [0.1, 0.15) is 78.6 Å². The van der Waals surface area contributed by atoms with E-state index in [1.54, 1.807) is 43.2 Å². The van der Waals surface area contributed by atoms with E-state index in [0.29, 0.717) is 36.8 Å². The molecule has 280 valence electrons. The number of benzene rings is 1. The summed E-state index contributed by atoms with van der Waals surface area (Å²) in [6.45, 7) is 14.2. The molecule has 2 unspecified atom stereocenters. The zero-order valence-corrected chi connectivity index (χ0v) is 31.1. The number of carbonyl (C=O) groups is 3. The topological polar surface area (TPSA) is 150 Å². The third-order valence-corrected chi connectivity index (χ3v) is 10.3. The number of hydrogen-bond acceptors (Lipinski definition) is 11. The maximum absolute atomic E-state index is 13.8. The number of hydrogen-bond donors (Lipinski definition) is 0. The Labute approximate surface area is 294 Å². The molecule has 0 amide bonds. The van der Waals surface area contributed by atoms with Gasteiger partial charge in [-0.15, -0.1) is 0 Å². The van der Waals surface area contributed by atoms with Crippen molar-refractivity contribution in [1.29, 1.82) is 0 Å². The highest BCUT2D eigenvalue weighted by Crippen LogP contribution is 2.59. The van der Waals surface area contributed by atoms with Gasteiger partial charge in [-0.2, -0.15) is 13.2 Å². The van der Waals surface area contributed by atoms with Crippen molar-refractivity contribution in [3.63, 3.8) is 0 Å². The first-order valence-electron chi connectivity index (χ1n) is 15.9. The van der Waals surface area contributed by atoms with Gasteiger partial charge in [0.05, 0.1) is 31.4 Å². The van der Waals surface area contributed by atoms with Crippen LogP contribution in [0, 0.1) is 0 Å². The number of carbonyl (C=O) groups excluding carboxylic acids is 3. The van der Waals surface area contributed by atoms with Crippen LogP contribution in [0.3, 0.4) is 0 Å². The Morgan fingerprint density at radius 3 is 2.20 bits per heavy atom. The molecule has 0 radical (unpaired) electrons. The number of quaternary nitrogens is 1. The van der Waals surface area contributed by atoms with Gasteiger partial charge in [-0.1, -0.05) is 36.9 Å². The van der Waals surface area contributed by atoms with E-state index in [1.807, 2.05) is 45.0 Å². The summed E-state index contributed by atoms with van der Waals surface area (Å²) in [5, 5.41) is 1.04. The summed E-state index contributed by atoms with van der Waals surface area (Å²) in [5.74, 6) is 0.480. The van der Waals surface area contributed by atoms with Gasteiger partial charge in [-0.3, -0.25) is 4.48 Å². The van der Waals surface area contributed by atoms with E-state index in [0.717, 1.165) is 27.9 Å². The molecule has 1 aromatic carbocycles. The Morgan fingerprint density at radius 1 is 1.06 bits per heavy atom. The second kappa shape index (κ2) is 15.1. The first-order chi connectivity index (χ1) is 22.9. The second-order valence-electron chi connectivity index (χ2n) is 13.8. The number of fused-ring (bicyclic) bond motifs is 5. The fraction of sp³-hybridized carbons (Fsp3) is 0.606. The van der Waals surface area contributed by atoms with E-state index in [1.165, 1.54) is 7.11 Å². The van der Waals surface area contributed by atoms with E-state index in [9.17, 15) is 27.6 Å². The van der Waals surface area contributed by atoms with Crippen molar-refractivity contribution in [2.75, 3.05) is 32.6 Å². The molecule has 0 N–H and O–H groups in total. The number of esters is 1. The number of nitrogens with zero attached hydrogens (tertiary/aromatic N) is 2. The van der Waals surface area contributed by atoms with Crippen molar-refractivity contribution in [2.45, 2.75) is 95.4 Å². The summed E-state index contributed by atoms with van der Waals surface area (Å²) in [4.78, 5) is 38.7. The van der Waals surface area contributed by atoms with Crippen LogP contribution in [0.4, 0.5) is 22.8 Å². The van der Waals surface area contributed by atoms with Gasteiger partial charge in [0, 0.05) is 24.6 Å². The molecule has 3 heterocycles. The third-order valence-electron chi connectivity index (χ3n) is 8.20. The molecule has 0 saturated carbocycles. The van der Waals surface area contributed by atoms with Gasteiger partial charge >= 0.3 is 23.7 Å². The molecule has 1 fully saturated rings. The summed E-state index contributed by atoms with van der Waals surface area (Å²) < 4.78 is 83.0. The van der Waals surface area contributed by atoms with Crippen molar-refractivity contribution in [3.05, 3.63) is 47.7 Å². The SMILES string of the molecule is CCSC1(C(=O)OC)CC[C@H]2c3c(c4ccccc4n3C(=O)OC(C)(C)C)CC[N+]21C/C=C/COC(=O)OC(C)(C)C.O=S(=O)([O-])C(F)(F)F. The molecule has 12 nitrogen and oxygen atoms in total. The number of halogens is 3. The summed E-state index contributed by atoms with van der Waals surface area (Å²) in [6, 6.07) is 7.80. The predicted molar refractivity (Wildman–Crippen MR) is 179 cm³/mol. The zero-order valence-electron chi connectivity index (χ0n) is 29.4. The molecule has 1 saturated heterocycles. The van der Waals surface area contributed by atoms with Crippen molar-refractivity contribution in [2.24, 2.45) is 0 Å². The molecule has 3 atom stereocenters. The van der Waals surface area contributed by atoms with Crippen LogP contribution in [-0.4, -0.2) is 94.4 Å². The molecule has 0 bridgehead atoms. The minimum atomic E-state index is -6.09. The predicted octanol–water partition coefficient (Wildman–Crippen LogP) is 6.81. The highest BCUT2D eigenvalue weighted by atomic mass is 32.2. The molecule has 2 aliphatic heterocycles. The molecular weight excluding hydrogens is 705 g/mol. The molecule has 50 heavy (non-hydrogen) atoms. The van der Waals surface area contributed by atoms with E-state index in [2.05, 4.69) is 13.0 Å². The number of thioether (sulfide) groups is 1. The molecule has 17 heteroatoms. The summed E-state index contributed by atoms with van der Waals surface area (Å²) in [7, 11) is -4.64. The number of methoxy groups -OCH3 is 1. The number of para-hydroxylation sites is 1. The van der Waals surface area contributed by atoms with Gasteiger partial charge in [0.1, 0.15) is 23.9 Å². The van der Waals surface area contributed by atoms with Gasteiger partial charge in [0.2, 0.25) is 4.87 Å². The maximum Gasteiger partial charge on any atom is 0.509 e. The monoisotopic (exact) mass is 750 g/mol. The number of ether oxygens (including phenoxy) is 4. The molecule has 1 aromatic heterocycles. The number of alkyl halides is 3. The van der Waals surface area contributed by atoms with Crippen LogP contribution in [0.15, 0.2) is 36.4 Å². The Morgan fingerprint density at radius 2 is 1.66 bits per heavy atom. The fourth-order valence-electron chi connectivity index (χ4n) is 6.55. The van der Waals surface area contributed by atoms with Crippen molar-refractivity contribution in [1.82, 2.24) is 4.57 Å². The highest BCUT2D eigenvalue weighted by molar-refractivity contribution is 8.01. The maximum atomic E-state index is 13.8.